The summed E-state index contributed by atoms with van der Waals surface area (Å²) in [5.74, 6) is -0.705. The number of halogens is 1. The first kappa shape index (κ1) is 23.9. The first-order valence-electron chi connectivity index (χ1n) is 11.9. The normalized spacial score (nSPS) is 12.8. The van der Waals surface area contributed by atoms with Gasteiger partial charge in [-0.15, -0.1) is 0 Å². The molecule has 0 spiro atoms. The smallest absolute Gasteiger partial charge is 0.261 e. The fraction of sp³-hybridized carbons (Fsp3) is 0.167. The van der Waals surface area contributed by atoms with E-state index in [9.17, 15) is 14.4 Å². The summed E-state index contributed by atoms with van der Waals surface area (Å²) in [4.78, 5) is 43.1. The summed E-state index contributed by atoms with van der Waals surface area (Å²) in [6.45, 7) is 4.59. The van der Waals surface area contributed by atoms with Gasteiger partial charge in [0.05, 0.1) is 0 Å². The summed E-state index contributed by atoms with van der Waals surface area (Å²) in [5.41, 5.74) is 4.58. The van der Waals surface area contributed by atoms with Gasteiger partial charge in [0, 0.05) is 45.3 Å². The molecule has 1 heterocycles. The maximum Gasteiger partial charge on any atom is 0.261 e. The van der Waals surface area contributed by atoms with Crippen LogP contribution in [0.1, 0.15) is 48.6 Å². The quantitative estimate of drug-likeness (QED) is 0.260. The van der Waals surface area contributed by atoms with Crippen molar-refractivity contribution < 1.29 is 14.4 Å². The molecule has 0 bridgehead atoms. The van der Waals surface area contributed by atoms with Gasteiger partial charge in [-0.05, 0) is 73.7 Å². The number of anilines is 1. The van der Waals surface area contributed by atoms with Gasteiger partial charge in [0.25, 0.3) is 17.7 Å². The number of hydrogen-bond donors (Lipinski definition) is 0. The van der Waals surface area contributed by atoms with Crippen LogP contribution in [0.4, 0.5) is 5.69 Å². The van der Waals surface area contributed by atoms with Crippen molar-refractivity contribution in [2.45, 2.75) is 20.3 Å². The lowest BCUT2D eigenvalue weighted by Crippen LogP contribution is -2.42. The SMILES string of the molecule is Cc1ccc(N(CCCN2C(=O)c3cccc4cccc(c34)C2=O)C(=O)c2ccc(Br)cc2)c(C)c1. The second kappa shape index (κ2) is 9.70. The van der Waals surface area contributed by atoms with Crippen LogP contribution in [0, 0.1) is 13.8 Å². The molecule has 0 unspecified atom stereocenters. The van der Waals surface area contributed by atoms with E-state index in [-0.39, 0.29) is 24.3 Å². The first-order chi connectivity index (χ1) is 17.3. The lowest BCUT2D eigenvalue weighted by Gasteiger charge is -2.29. The lowest BCUT2D eigenvalue weighted by molar-refractivity contribution is 0.0610. The van der Waals surface area contributed by atoms with Crippen molar-refractivity contribution in [1.29, 1.82) is 0 Å². The molecule has 4 aromatic rings. The predicted molar refractivity (Wildman–Crippen MR) is 146 cm³/mol. The molecule has 0 N–H and O–H groups in total. The maximum absolute atomic E-state index is 13.6. The lowest BCUT2D eigenvalue weighted by atomic mass is 9.94. The number of imide groups is 1. The number of carbonyl (C=O) groups excluding carboxylic acids is 3. The van der Waals surface area contributed by atoms with E-state index < -0.39 is 0 Å². The molecule has 36 heavy (non-hydrogen) atoms. The molecule has 0 atom stereocenters. The first-order valence-corrected chi connectivity index (χ1v) is 12.7. The average Bonchev–Trinajstić information content (AvgIpc) is 2.87. The maximum atomic E-state index is 13.6. The molecule has 0 saturated carbocycles. The molecule has 5 rings (SSSR count). The largest absolute Gasteiger partial charge is 0.308 e. The standard InChI is InChI=1S/C30H25BrN2O3/c1-19-10-15-26(20(2)18-19)32(28(34)22-11-13-23(31)14-12-22)16-5-17-33-29(35)24-8-3-6-21-7-4-9-25(27(21)24)30(33)36/h3-4,6-15,18H,5,16-17H2,1-2H3. The monoisotopic (exact) mass is 540 g/mol. The number of amides is 3. The van der Waals surface area contributed by atoms with Crippen LogP contribution in [0.15, 0.2) is 83.3 Å². The number of benzene rings is 4. The Balaban J connectivity index is 1.40. The minimum atomic E-state index is -0.290. The Morgan fingerprint density at radius 1 is 0.861 bits per heavy atom. The van der Waals surface area contributed by atoms with Gasteiger partial charge in [-0.25, -0.2) is 0 Å². The van der Waals surface area contributed by atoms with E-state index in [0.29, 0.717) is 35.0 Å². The third-order valence-corrected chi connectivity index (χ3v) is 7.13. The Labute approximate surface area is 218 Å². The van der Waals surface area contributed by atoms with E-state index >= 15 is 0 Å². The summed E-state index contributed by atoms with van der Waals surface area (Å²) in [6.07, 6.45) is 0.450. The summed E-state index contributed by atoms with van der Waals surface area (Å²) >= 11 is 3.42. The van der Waals surface area contributed by atoms with E-state index in [1.165, 1.54) is 4.90 Å². The molecule has 0 radical (unpaired) electrons. The van der Waals surface area contributed by atoms with Crippen LogP contribution in [0.2, 0.25) is 0 Å². The van der Waals surface area contributed by atoms with Crippen molar-refractivity contribution in [2.24, 2.45) is 0 Å². The van der Waals surface area contributed by atoms with Crippen molar-refractivity contribution >= 4 is 50.1 Å². The second-order valence-corrected chi connectivity index (χ2v) is 9.99. The third kappa shape index (κ3) is 4.33. The Bertz CT molecular complexity index is 1460. The molecule has 6 heteroatoms. The molecular formula is C30H25BrN2O3. The Morgan fingerprint density at radius 2 is 1.50 bits per heavy atom. The zero-order valence-electron chi connectivity index (χ0n) is 20.1. The van der Waals surface area contributed by atoms with Gasteiger partial charge >= 0.3 is 0 Å². The fourth-order valence-electron chi connectivity index (χ4n) is 4.86. The average molecular weight is 541 g/mol. The molecule has 1 aliphatic rings. The Kier molecular flexibility index (Phi) is 6.46. The minimum Gasteiger partial charge on any atom is -0.308 e. The third-order valence-electron chi connectivity index (χ3n) is 6.60. The van der Waals surface area contributed by atoms with E-state index in [1.807, 2.05) is 68.4 Å². The summed E-state index contributed by atoms with van der Waals surface area (Å²) < 4.78 is 0.898. The van der Waals surface area contributed by atoms with Gasteiger partial charge in [0.15, 0.2) is 0 Å². The van der Waals surface area contributed by atoms with Crippen LogP contribution in [0.3, 0.4) is 0 Å². The zero-order valence-corrected chi connectivity index (χ0v) is 21.7. The summed E-state index contributed by atoms with van der Waals surface area (Å²) in [5, 5.41) is 1.60. The van der Waals surface area contributed by atoms with Crippen molar-refractivity contribution in [3.05, 3.63) is 111 Å². The highest BCUT2D eigenvalue weighted by Crippen LogP contribution is 2.30. The Morgan fingerprint density at radius 3 is 2.11 bits per heavy atom. The van der Waals surface area contributed by atoms with Crippen LogP contribution in [-0.4, -0.2) is 35.7 Å². The molecule has 0 aliphatic carbocycles. The number of carbonyl (C=O) groups is 3. The molecule has 0 fully saturated rings. The fourth-order valence-corrected chi connectivity index (χ4v) is 5.12. The van der Waals surface area contributed by atoms with Crippen molar-refractivity contribution in [1.82, 2.24) is 4.90 Å². The number of rotatable bonds is 6. The minimum absolute atomic E-state index is 0.124. The molecule has 3 amide bonds. The van der Waals surface area contributed by atoms with Gasteiger partial charge in [-0.1, -0.05) is 57.9 Å². The number of nitrogens with zero attached hydrogens (tertiary/aromatic N) is 2. The highest BCUT2D eigenvalue weighted by molar-refractivity contribution is 9.10. The molecule has 0 aromatic heterocycles. The predicted octanol–water partition coefficient (Wildman–Crippen LogP) is 6.55. The molecule has 5 nitrogen and oxygen atoms in total. The second-order valence-electron chi connectivity index (χ2n) is 9.08. The summed E-state index contributed by atoms with van der Waals surface area (Å²) in [7, 11) is 0. The van der Waals surface area contributed by atoms with Gasteiger partial charge in [0.2, 0.25) is 0 Å². The van der Waals surface area contributed by atoms with E-state index in [2.05, 4.69) is 15.9 Å². The van der Waals surface area contributed by atoms with Gasteiger partial charge in [0.1, 0.15) is 0 Å². The molecule has 180 valence electrons. The molecule has 0 saturated heterocycles. The molecular weight excluding hydrogens is 516 g/mol. The van der Waals surface area contributed by atoms with Gasteiger partial charge in [-0.2, -0.15) is 0 Å². The Hall–Kier alpha value is -3.77. The van der Waals surface area contributed by atoms with Crippen molar-refractivity contribution in [3.8, 4) is 0 Å². The number of aryl methyl sites for hydroxylation is 2. The number of hydrogen-bond acceptors (Lipinski definition) is 3. The van der Waals surface area contributed by atoms with E-state index in [4.69, 9.17) is 0 Å². The van der Waals surface area contributed by atoms with Gasteiger partial charge < -0.3 is 4.90 Å². The van der Waals surface area contributed by atoms with E-state index in [0.717, 1.165) is 26.7 Å². The van der Waals surface area contributed by atoms with Crippen LogP contribution < -0.4 is 4.90 Å². The highest BCUT2D eigenvalue weighted by atomic mass is 79.9. The molecule has 4 aromatic carbocycles. The van der Waals surface area contributed by atoms with Crippen molar-refractivity contribution in [3.63, 3.8) is 0 Å². The van der Waals surface area contributed by atoms with Crippen LogP contribution >= 0.6 is 15.9 Å². The van der Waals surface area contributed by atoms with Crippen LogP contribution in [-0.2, 0) is 0 Å². The van der Waals surface area contributed by atoms with Crippen LogP contribution in [0.5, 0.6) is 0 Å². The highest BCUT2D eigenvalue weighted by Gasteiger charge is 2.32. The van der Waals surface area contributed by atoms with Gasteiger partial charge in [-0.3, -0.25) is 19.3 Å². The topological polar surface area (TPSA) is 57.7 Å². The zero-order chi connectivity index (χ0) is 25.4. The van der Waals surface area contributed by atoms with E-state index in [1.54, 1.807) is 29.2 Å². The summed E-state index contributed by atoms with van der Waals surface area (Å²) in [6, 6.07) is 24.3. The van der Waals surface area contributed by atoms with Crippen molar-refractivity contribution in [2.75, 3.05) is 18.0 Å². The molecule has 1 aliphatic heterocycles. The van der Waals surface area contributed by atoms with Crippen LogP contribution in [0.25, 0.3) is 10.8 Å².